The quantitative estimate of drug-likeness (QED) is 0.789. The minimum Gasteiger partial charge on any atom is -0.481 e. The Morgan fingerprint density at radius 1 is 1.71 bits per heavy atom. The van der Waals surface area contributed by atoms with E-state index in [0.717, 1.165) is 25.0 Å². The molecule has 1 aliphatic carbocycles. The van der Waals surface area contributed by atoms with Gasteiger partial charge in [-0.1, -0.05) is 6.42 Å². The highest BCUT2D eigenvalue weighted by Gasteiger charge is 2.42. The van der Waals surface area contributed by atoms with Gasteiger partial charge < -0.3 is 9.67 Å². The van der Waals surface area contributed by atoms with Crippen LogP contribution < -0.4 is 0 Å². The summed E-state index contributed by atoms with van der Waals surface area (Å²) in [6.45, 7) is 0. The van der Waals surface area contributed by atoms with E-state index in [-0.39, 0.29) is 11.8 Å². The van der Waals surface area contributed by atoms with Crippen LogP contribution in [0, 0.1) is 0 Å². The van der Waals surface area contributed by atoms with Crippen molar-refractivity contribution < 1.29 is 9.90 Å². The van der Waals surface area contributed by atoms with E-state index < -0.39 is 5.97 Å². The molecule has 0 atom stereocenters. The molecule has 2 rings (SSSR count). The van der Waals surface area contributed by atoms with E-state index in [1.54, 1.807) is 6.33 Å². The van der Waals surface area contributed by atoms with Crippen LogP contribution in [0.3, 0.4) is 0 Å². The molecule has 1 heterocycles. The lowest BCUT2D eigenvalue weighted by atomic mass is 9.65. The Morgan fingerprint density at radius 2 is 2.43 bits per heavy atom. The Kier molecular flexibility index (Phi) is 2.06. The molecule has 4 heteroatoms. The van der Waals surface area contributed by atoms with E-state index in [9.17, 15) is 4.79 Å². The number of aliphatic carboxylic acids is 1. The molecule has 4 nitrogen and oxygen atoms in total. The second kappa shape index (κ2) is 3.12. The number of rotatable bonds is 3. The zero-order chi connectivity index (χ0) is 10.2. The summed E-state index contributed by atoms with van der Waals surface area (Å²) in [6, 6.07) is 0. The van der Waals surface area contributed by atoms with Crippen LogP contribution in [0.25, 0.3) is 0 Å². The van der Waals surface area contributed by atoms with Crippen molar-refractivity contribution in [3.05, 3.63) is 18.2 Å². The van der Waals surface area contributed by atoms with Gasteiger partial charge >= 0.3 is 5.97 Å². The van der Waals surface area contributed by atoms with E-state index in [0.29, 0.717) is 0 Å². The molecule has 1 fully saturated rings. The Labute approximate surface area is 82.6 Å². The molecule has 14 heavy (non-hydrogen) atoms. The van der Waals surface area contributed by atoms with Gasteiger partial charge in [0.25, 0.3) is 0 Å². The third kappa shape index (κ3) is 1.41. The second-order valence-electron chi connectivity index (χ2n) is 4.13. The number of carboxylic acids is 1. The molecule has 1 N–H and O–H groups in total. The summed E-state index contributed by atoms with van der Waals surface area (Å²) in [4.78, 5) is 15.0. The van der Waals surface area contributed by atoms with Crippen LogP contribution in [0.1, 0.15) is 31.4 Å². The van der Waals surface area contributed by atoms with Crippen LogP contribution >= 0.6 is 0 Å². The monoisotopic (exact) mass is 194 g/mol. The highest BCUT2D eigenvalue weighted by molar-refractivity contribution is 5.69. The van der Waals surface area contributed by atoms with Gasteiger partial charge in [0.05, 0.1) is 18.4 Å². The third-order valence-corrected chi connectivity index (χ3v) is 3.05. The van der Waals surface area contributed by atoms with Gasteiger partial charge in [-0.2, -0.15) is 0 Å². The van der Waals surface area contributed by atoms with Crippen LogP contribution in [0.15, 0.2) is 12.5 Å². The third-order valence-electron chi connectivity index (χ3n) is 3.05. The Balaban J connectivity index is 2.24. The second-order valence-corrected chi connectivity index (χ2v) is 4.13. The number of hydrogen-bond donors (Lipinski definition) is 1. The lowest BCUT2D eigenvalue weighted by Gasteiger charge is -2.39. The SMILES string of the molecule is Cn1cnc(C2(CC(=O)O)CCC2)c1. The van der Waals surface area contributed by atoms with Crippen molar-refractivity contribution in [3.8, 4) is 0 Å². The number of aryl methyl sites for hydroxylation is 1. The van der Waals surface area contributed by atoms with Crippen molar-refractivity contribution in [1.29, 1.82) is 0 Å². The van der Waals surface area contributed by atoms with Crippen LogP contribution in [0.5, 0.6) is 0 Å². The molecule has 1 aromatic rings. The van der Waals surface area contributed by atoms with E-state index in [4.69, 9.17) is 5.11 Å². The molecule has 1 aliphatic rings. The van der Waals surface area contributed by atoms with Gasteiger partial charge in [-0.25, -0.2) is 4.98 Å². The van der Waals surface area contributed by atoms with Crippen LogP contribution in [0.4, 0.5) is 0 Å². The predicted molar refractivity (Wildman–Crippen MR) is 51.0 cm³/mol. The maximum atomic E-state index is 10.8. The topological polar surface area (TPSA) is 55.1 Å². The summed E-state index contributed by atoms with van der Waals surface area (Å²) >= 11 is 0. The van der Waals surface area contributed by atoms with Gasteiger partial charge in [-0.15, -0.1) is 0 Å². The number of carbonyl (C=O) groups is 1. The Morgan fingerprint density at radius 3 is 2.79 bits per heavy atom. The predicted octanol–water partition coefficient (Wildman–Crippen LogP) is 1.32. The first-order chi connectivity index (χ1) is 6.62. The van der Waals surface area contributed by atoms with Gasteiger partial charge in [0.2, 0.25) is 0 Å². The minimum absolute atomic E-state index is 0.174. The number of carboxylic acid groups (broad SMARTS) is 1. The van der Waals surface area contributed by atoms with Gasteiger partial charge in [-0.05, 0) is 12.8 Å². The molecule has 0 unspecified atom stereocenters. The molecule has 0 saturated heterocycles. The van der Waals surface area contributed by atoms with Crippen molar-refractivity contribution in [2.75, 3.05) is 0 Å². The molecule has 0 amide bonds. The molecular weight excluding hydrogens is 180 g/mol. The first kappa shape index (κ1) is 9.24. The van der Waals surface area contributed by atoms with Crippen molar-refractivity contribution >= 4 is 5.97 Å². The molecule has 0 spiro atoms. The van der Waals surface area contributed by atoms with E-state index in [2.05, 4.69) is 4.98 Å². The van der Waals surface area contributed by atoms with Crippen LogP contribution in [-0.2, 0) is 17.3 Å². The normalized spacial score (nSPS) is 18.9. The molecule has 0 aromatic carbocycles. The zero-order valence-corrected chi connectivity index (χ0v) is 8.23. The summed E-state index contributed by atoms with van der Waals surface area (Å²) in [5.41, 5.74) is 0.765. The van der Waals surface area contributed by atoms with E-state index in [1.165, 1.54) is 0 Å². The molecule has 76 valence electrons. The van der Waals surface area contributed by atoms with Crippen molar-refractivity contribution in [1.82, 2.24) is 9.55 Å². The molecule has 0 aliphatic heterocycles. The highest BCUT2D eigenvalue weighted by Crippen LogP contribution is 2.45. The lowest BCUT2D eigenvalue weighted by Crippen LogP contribution is -2.36. The average molecular weight is 194 g/mol. The molecule has 1 saturated carbocycles. The fourth-order valence-corrected chi connectivity index (χ4v) is 2.10. The zero-order valence-electron chi connectivity index (χ0n) is 8.23. The minimum atomic E-state index is -0.727. The molecular formula is C10H14N2O2. The lowest BCUT2D eigenvalue weighted by molar-refractivity contribution is -0.139. The van der Waals surface area contributed by atoms with E-state index >= 15 is 0 Å². The Bertz CT molecular complexity index is 353. The molecule has 1 aromatic heterocycles. The van der Waals surface area contributed by atoms with Crippen LogP contribution in [-0.4, -0.2) is 20.6 Å². The van der Waals surface area contributed by atoms with Crippen molar-refractivity contribution in [2.24, 2.45) is 7.05 Å². The standard InChI is InChI=1S/C10H14N2O2/c1-12-6-8(11-7-12)10(3-2-4-10)5-9(13)14/h6-7H,2-5H2,1H3,(H,13,14). The number of aromatic nitrogens is 2. The largest absolute Gasteiger partial charge is 0.481 e. The summed E-state index contributed by atoms with van der Waals surface area (Å²) < 4.78 is 1.87. The number of nitrogens with zero attached hydrogens (tertiary/aromatic N) is 2. The van der Waals surface area contributed by atoms with E-state index in [1.807, 2.05) is 17.8 Å². The van der Waals surface area contributed by atoms with Gasteiger partial charge in [0.1, 0.15) is 0 Å². The van der Waals surface area contributed by atoms with Crippen LogP contribution in [0.2, 0.25) is 0 Å². The maximum absolute atomic E-state index is 10.8. The first-order valence-corrected chi connectivity index (χ1v) is 4.83. The number of imidazole rings is 1. The molecule has 0 radical (unpaired) electrons. The van der Waals surface area contributed by atoms with Gasteiger partial charge in [0.15, 0.2) is 0 Å². The fourth-order valence-electron chi connectivity index (χ4n) is 2.10. The van der Waals surface area contributed by atoms with Crippen molar-refractivity contribution in [2.45, 2.75) is 31.1 Å². The van der Waals surface area contributed by atoms with Crippen molar-refractivity contribution in [3.63, 3.8) is 0 Å². The average Bonchev–Trinajstić information content (AvgIpc) is 2.44. The Hall–Kier alpha value is -1.32. The smallest absolute Gasteiger partial charge is 0.304 e. The van der Waals surface area contributed by atoms with Gasteiger partial charge in [-0.3, -0.25) is 4.79 Å². The van der Waals surface area contributed by atoms with Gasteiger partial charge in [0, 0.05) is 18.7 Å². The number of hydrogen-bond acceptors (Lipinski definition) is 2. The summed E-state index contributed by atoms with van der Waals surface area (Å²) in [7, 11) is 1.91. The summed E-state index contributed by atoms with van der Waals surface area (Å²) in [5, 5.41) is 8.85. The maximum Gasteiger partial charge on any atom is 0.304 e. The summed E-state index contributed by atoms with van der Waals surface area (Å²) in [5.74, 6) is -0.727. The molecule has 0 bridgehead atoms. The fraction of sp³-hybridized carbons (Fsp3) is 0.600. The first-order valence-electron chi connectivity index (χ1n) is 4.83. The highest BCUT2D eigenvalue weighted by atomic mass is 16.4. The summed E-state index contributed by atoms with van der Waals surface area (Å²) in [6.07, 6.45) is 6.90.